The van der Waals surface area contributed by atoms with Crippen LogP contribution < -0.4 is 10.9 Å². The van der Waals surface area contributed by atoms with E-state index in [2.05, 4.69) is 48.7 Å². The molecule has 0 spiro atoms. The second-order valence-electron chi connectivity index (χ2n) is 9.35. The van der Waals surface area contributed by atoms with E-state index in [0.29, 0.717) is 12.8 Å². The van der Waals surface area contributed by atoms with Crippen LogP contribution in [-0.4, -0.2) is 23.2 Å². The summed E-state index contributed by atoms with van der Waals surface area (Å²) >= 11 is 0. The van der Waals surface area contributed by atoms with Crippen molar-refractivity contribution in [2.75, 3.05) is 0 Å². The summed E-state index contributed by atoms with van der Waals surface area (Å²) in [5, 5.41) is 8.60. The van der Waals surface area contributed by atoms with Gasteiger partial charge in [-0.3, -0.25) is 9.59 Å². The predicted octanol–water partition coefficient (Wildman–Crippen LogP) is 4.58. The topological polar surface area (TPSA) is 82.9 Å². The molecule has 2 amide bonds. The molecule has 0 aliphatic heterocycles. The summed E-state index contributed by atoms with van der Waals surface area (Å²) in [6, 6.07) is 0. The fourth-order valence-electron chi connectivity index (χ4n) is 3.50. The summed E-state index contributed by atoms with van der Waals surface area (Å²) in [6.07, 6.45) is 14.1. The monoisotopic (exact) mass is 410 g/mol. The Balaban J connectivity index is 1.91. The van der Waals surface area contributed by atoms with Crippen LogP contribution in [0.2, 0.25) is 0 Å². The Bertz CT molecular complexity index is 796. The average Bonchev–Trinajstić information content (AvgIpc) is 3.37. The molecule has 0 atom stereocenters. The third-order valence-electron chi connectivity index (χ3n) is 6.05. The average molecular weight is 411 g/mol. The zero-order chi connectivity index (χ0) is 22.4. The van der Waals surface area contributed by atoms with Gasteiger partial charge in [0.05, 0.1) is 0 Å². The van der Waals surface area contributed by atoms with Gasteiger partial charge in [0.25, 0.3) is 11.8 Å². The predicted molar refractivity (Wildman–Crippen MR) is 123 cm³/mol. The van der Waals surface area contributed by atoms with E-state index >= 15 is 0 Å². The molecule has 2 aliphatic rings. The second kappa shape index (κ2) is 9.83. The summed E-state index contributed by atoms with van der Waals surface area (Å²) in [4.78, 5) is 24.2. The van der Waals surface area contributed by atoms with Crippen molar-refractivity contribution in [2.45, 2.75) is 67.2 Å². The van der Waals surface area contributed by atoms with Gasteiger partial charge >= 0.3 is 0 Å². The van der Waals surface area contributed by atoms with E-state index in [1.807, 2.05) is 50.3 Å². The molecule has 0 aromatic carbocycles. The lowest BCUT2D eigenvalue weighted by atomic mass is 9.63. The highest BCUT2D eigenvalue weighted by molar-refractivity contribution is 5.96. The van der Waals surface area contributed by atoms with Crippen LogP contribution in [0.3, 0.4) is 0 Å². The molecular weight excluding hydrogens is 376 g/mol. The fourth-order valence-corrected chi connectivity index (χ4v) is 3.50. The minimum absolute atomic E-state index is 0.0990. The molecule has 162 valence electrons. The molecule has 0 heterocycles. The highest BCUT2D eigenvalue weighted by atomic mass is 16.2. The largest absolute Gasteiger partial charge is 0.268 e. The molecule has 30 heavy (non-hydrogen) atoms. The van der Waals surface area contributed by atoms with Crippen molar-refractivity contribution in [2.24, 2.45) is 21.0 Å². The SMILES string of the molecule is C/C(CC(C)(C)C(C)(C)C/C(C)=N/NC(=O)C1=CC=CC1)=N\NC(=O)C1=CC=CC1. The van der Waals surface area contributed by atoms with E-state index in [1.54, 1.807) is 0 Å². The molecule has 0 saturated carbocycles. The normalized spacial score (nSPS) is 17.1. The van der Waals surface area contributed by atoms with Gasteiger partial charge in [-0.25, -0.2) is 10.9 Å². The Morgan fingerprint density at radius 1 is 0.800 bits per heavy atom. The Kier molecular flexibility index (Phi) is 7.71. The quantitative estimate of drug-likeness (QED) is 0.431. The van der Waals surface area contributed by atoms with Crippen LogP contribution in [0.4, 0.5) is 0 Å². The van der Waals surface area contributed by atoms with Crippen molar-refractivity contribution in [3.05, 3.63) is 47.6 Å². The molecule has 0 aromatic heterocycles. The molecule has 0 saturated heterocycles. The van der Waals surface area contributed by atoms with Crippen molar-refractivity contribution in [1.82, 2.24) is 10.9 Å². The van der Waals surface area contributed by atoms with Gasteiger partial charge < -0.3 is 0 Å². The maximum atomic E-state index is 12.1. The highest BCUT2D eigenvalue weighted by Crippen LogP contribution is 2.44. The molecule has 2 aliphatic carbocycles. The lowest BCUT2D eigenvalue weighted by Crippen LogP contribution is -2.36. The summed E-state index contributed by atoms with van der Waals surface area (Å²) in [7, 11) is 0. The van der Waals surface area contributed by atoms with Crippen LogP contribution in [0.1, 0.15) is 67.2 Å². The maximum absolute atomic E-state index is 12.1. The summed E-state index contributed by atoms with van der Waals surface area (Å²) in [5.41, 5.74) is 8.31. The van der Waals surface area contributed by atoms with Crippen molar-refractivity contribution < 1.29 is 9.59 Å². The minimum atomic E-state index is -0.150. The minimum Gasteiger partial charge on any atom is -0.268 e. The molecule has 0 bridgehead atoms. The van der Waals surface area contributed by atoms with Crippen LogP contribution in [0.5, 0.6) is 0 Å². The molecule has 6 nitrogen and oxygen atoms in total. The number of hydrazone groups is 2. The molecule has 0 fully saturated rings. The second-order valence-corrected chi connectivity index (χ2v) is 9.35. The van der Waals surface area contributed by atoms with Gasteiger partial charge in [-0.05, 0) is 50.4 Å². The standard InChI is InChI=1S/C24H34N4O2/c1-17(25-27-21(29)19-11-7-8-12-19)15-23(3,4)24(5,6)16-18(2)26-28-22(30)20-13-9-10-14-20/h7-11,13H,12,14-16H2,1-6H3,(H,27,29)(H,28,30)/b25-17+,26-18+. The zero-order valence-corrected chi connectivity index (χ0v) is 19.0. The van der Waals surface area contributed by atoms with Gasteiger partial charge in [0.2, 0.25) is 0 Å². The van der Waals surface area contributed by atoms with Crippen LogP contribution in [-0.2, 0) is 9.59 Å². The molecule has 0 unspecified atom stereocenters. The molecule has 2 rings (SSSR count). The smallest absolute Gasteiger partial charge is 0.267 e. The summed E-state index contributed by atoms with van der Waals surface area (Å²) in [5.74, 6) is -0.301. The van der Waals surface area contributed by atoms with Gasteiger partial charge in [0, 0.05) is 22.6 Å². The van der Waals surface area contributed by atoms with E-state index in [9.17, 15) is 9.59 Å². The van der Waals surface area contributed by atoms with Crippen LogP contribution in [0, 0.1) is 10.8 Å². The Hall–Kier alpha value is -2.76. The summed E-state index contributed by atoms with van der Waals surface area (Å²) < 4.78 is 0. The third kappa shape index (κ3) is 6.37. The first-order chi connectivity index (χ1) is 14.0. The number of allylic oxidation sites excluding steroid dienone is 6. The first kappa shape index (κ1) is 23.5. The van der Waals surface area contributed by atoms with Gasteiger partial charge in [-0.15, -0.1) is 0 Å². The molecular formula is C24H34N4O2. The number of hydrogen-bond acceptors (Lipinski definition) is 4. The molecule has 0 aromatic rings. The van der Waals surface area contributed by atoms with Crippen molar-refractivity contribution in [1.29, 1.82) is 0 Å². The number of nitrogens with zero attached hydrogens (tertiary/aromatic N) is 2. The van der Waals surface area contributed by atoms with Crippen LogP contribution in [0.25, 0.3) is 0 Å². The van der Waals surface area contributed by atoms with Crippen molar-refractivity contribution in [3.63, 3.8) is 0 Å². The Morgan fingerprint density at radius 2 is 1.17 bits per heavy atom. The number of amides is 2. The van der Waals surface area contributed by atoms with E-state index in [-0.39, 0.29) is 22.6 Å². The number of carbonyl (C=O) groups is 2. The number of nitrogens with one attached hydrogen (secondary N) is 2. The fraction of sp³-hybridized carbons (Fsp3) is 0.500. The van der Waals surface area contributed by atoms with Crippen molar-refractivity contribution in [3.8, 4) is 0 Å². The lowest BCUT2D eigenvalue weighted by Gasteiger charge is -2.42. The van der Waals surface area contributed by atoms with E-state index in [1.165, 1.54) is 0 Å². The zero-order valence-electron chi connectivity index (χ0n) is 19.0. The highest BCUT2D eigenvalue weighted by Gasteiger charge is 2.37. The molecule has 0 radical (unpaired) electrons. The number of rotatable bonds is 9. The number of carbonyl (C=O) groups excluding carboxylic acids is 2. The van der Waals surface area contributed by atoms with E-state index < -0.39 is 0 Å². The van der Waals surface area contributed by atoms with Crippen LogP contribution >= 0.6 is 0 Å². The number of hydrogen-bond donors (Lipinski definition) is 2. The Labute approximate surface area is 180 Å². The van der Waals surface area contributed by atoms with Gasteiger partial charge in [-0.2, -0.15) is 10.2 Å². The van der Waals surface area contributed by atoms with Gasteiger partial charge in [-0.1, -0.05) is 64.2 Å². The summed E-state index contributed by atoms with van der Waals surface area (Å²) in [6.45, 7) is 12.6. The maximum Gasteiger partial charge on any atom is 0.267 e. The third-order valence-corrected chi connectivity index (χ3v) is 6.05. The van der Waals surface area contributed by atoms with Gasteiger partial charge in [0.15, 0.2) is 0 Å². The Morgan fingerprint density at radius 3 is 1.47 bits per heavy atom. The van der Waals surface area contributed by atoms with Crippen molar-refractivity contribution >= 4 is 23.2 Å². The van der Waals surface area contributed by atoms with E-state index in [4.69, 9.17) is 0 Å². The van der Waals surface area contributed by atoms with Crippen LogP contribution in [0.15, 0.2) is 57.8 Å². The lowest BCUT2D eigenvalue weighted by molar-refractivity contribution is -0.118. The molecule has 6 heteroatoms. The molecule has 2 N–H and O–H groups in total. The van der Waals surface area contributed by atoms with Gasteiger partial charge in [0.1, 0.15) is 0 Å². The first-order valence-electron chi connectivity index (χ1n) is 10.4. The van der Waals surface area contributed by atoms with E-state index in [0.717, 1.165) is 35.4 Å². The first-order valence-corrected chi connectivity index (χ1v) is 10.4.